The summed E-state index contributed by atoms with van der Waals surface area (Å²) < 4.78 is 1.97. The molecule has 0 aliphatic carbocycles. The zero-order valence-electron chi connectivity index (χ0n) is 13.2. The number of hydrogen-bond acceptors (Lipinski definition) is 2. The second-order valence-electron chi connectivity index (χ2n) is 5.79. The molecule has 1 N–H and O–H groups in total. The molecule has 124 valence electrons. The van der Waals surface area contributed by atoms with Crippen molar-refractivity contribution >= 4 is 28.8 Å². The molecule has 0 unspecified atom stereocenters. The molecule has 25 heavy (non-hydrogen) atoms. The molecule has 0 spiro atoms. The first-order valence-electron chi connectivity index (χ1n) is 7.78. The molecule has 0 saturated heterocycles. The Morgan fingerprint density at radius 1 is 0.920 bits per heavy atom. The smallest absolute Gasteiger partial charge is 0.137 e. The summed E-state index contributed by atoms with van der Waals surface area (Å²) in [6.45, 7) is 0.0281. The number of rotatable bonds is 3. The number of nitrogens with zero attached hydrogens (tertiary/aromatic N) is 2. The number of halogens is 2. The lowest BCUT2D eigenvalue weighted by atomic mass is 10.1. The van der Waals surface area contributed by atoms with Gasteiger partial charge in [0.25, 0.3) is 0 Å². The van der Waals surface area contributed by atoms with Crippen molar-refractivity contribution in [2.24, 2.45) is 0 Å². The fourth-order valence-corrected chi connectivity index (χ4v) is 3.34. The fourth-order valence-electron chi connectivity index (χ4n) is 2.84. The summed E-state index contributed by atoms with van der Waals surface area (Å²) in [7, 11) is 0. The third-order valence-corrected chi connectivity index (χ3v) is 4.65. The number of imidazole rings is 1. The fraction of sp³-hybridized carbons (Fsp3) is 0.0500. The van der Waals surface area contributed by atoms with Gasteiger partial charge in [-0.1, -0.05) is 41.4 Å². The maximum absolute atomic E-state index is 9.32. The number of hydrogen-bond donors (Lipinski definition) is 1. The monoisotopic (exact) mass is 368 g/mol. The first-order chi connectivity index (χ1) is 12.1. The maximum atomic E-state index is 9.32. The van der Waals surface area contributed by atoms with Crippen LogP contribution >= 0.6 is 23.2 Å². The molecule has 0 radical (unpaired) electrons. The summed E-state index contributed by atoms with van der Waals surface area (Å²) in [6.07, 6.45) is 3.97. The molecule has 0 atom stereocenters. The highest BCUT2D eigenvalue weighted by Gasteiger charge is 2.10. The van der Waals surface area contributed by atoms with Crippen LogP contribution in [0, 0.1) is 0 Å². The van der Waals surface area contributed by atoms with Crippen molar-refractivity contribution in [2.45, 2.75) is 6.61 Å². The van der Waals surface area contributed by atoms with Gasteiger partial charge in [0.1, 0.15) is 5.65 Å². The summed E-state index contributed by atoms with van der Waals surface area (Å²) in [5, 5.41) is 10.5. The van der Waals surface area contributed by atoms with Gasteiger partial charge in [0.05, 0.1) is 17.3 Å². The Morgan fingerprint density at radius 2 is 1.80 bits per heavy atom. The first kappa shape index (κ1) is 16.2. The lowest BCUT2D eigenvalue weighted by Crippen LogP contribution is -1.87. The molecule has 0 aliphatic rings. The maximum Gasteiger partial charge on any atom is 0.137 e. The van der Waals surface area contributed by atoms with Crippen LogP contribution in [0.3, 0.4) is 0 Å². The van der Waals surface area contributed by atoms with Gasteiger partial charge in [0.15, 0.2) is 0 Å². The highest BCUT2D eigenvalue weighted by molar-refractivity contribution is 6.36. The van der Waals surface area contributed by atoms with E-state index >= 15 is 0 Å². The molecule has 0 fully saturated rings. The summed E-state index contributed by atoms with van der Waals surface area (Å²) in [6, 6.07) is 17.2. The molecule has 0 saturated carbocycles. The van der Waals surface area contributed by atoms with Crippen molar-refractivity contribution < 1.29 is 5.11 Å². The van der Waals surface area contributed by atoms with Gasteiger partial charge in [0.2, 0.25) is 0 Å². The van der Waals surface area contributed by atoms with Gasteiger partial charge >= 0.3 is 0 Å². The highest BCUT2D eigenvalue weighted by atomic mass is 35.5. The van der Waals surface area contributed by atoms with Crippen LogP contribution in [-0.4, -0.2) is 14.5 Å². The Bertz CT molecular complexity index is 1070. The lowest BCUT2D eigenvalue weighted by molar-refractivity contribution is 0.282. The Kier molecular flexibility index (Phi) is 4.22. The van der Waals surface area contributed by atoms with Crippen molar-refractivity contribution in [1.82, 2.24) is 9.38 Å². The van der Waals surface area contributed by atoms with E-state index in [0.717, 1.165) is 33.6 Å². The van der Waals surface area contributed by atoms with Gasteiger partial charge in [-0.25, -0.2) is 4.98 Å². The van der Waals surface area contributed by atoms with Gasteiger partial charge in [-0.15, -0.1) is 0 Å². The molecular formula is C20H14Cl2N2O. The number of fused-ring (bicyclic) bond motifs is 1. The summed E-state index contributed by atoms with van der Waals surface area (Å²) >= 11 is 12.3. The normalized spacial score (nSPS) is 11.2. The van der Waals surface area contributed by atoms with Crippen LogP contribution in [0.25, 0.3) is 28.0 Å². The minimum absolute atomic E-state index is 0.0281. The van der Waals surface area contributed by atoms with Crippen LogP contribution < -0.4 is 0 Å². The van der Waals surface area contributed by atoms with E-state index in [1.165, 1.54) is 0 Å². The molecule has 3 nitrogen and oxygen atoms in total. The lowest BCUT2D eigenvalue weighted by Gasteiger charge is -2.04. The van der Waals surface area contributed by atoms with Gasteiger partial charge in [-0.3, -0.25) is 0 Å². The predicted molar refractivity (Wildman–Crippen MR) is 102 cm³/mol. The van der Waals surface area contributed by atoms with Crippen molar-refractivity contribution in [3.63, 3.8) is 0 Å². The van der Waals surface area contributed by atoms with Crippen molar-refractivity contribution in [1.29, 1.82) is 0 Å². The van der Waals surface area contributed by atoms with E-state index in [2.05, 4.69) is 4.98 Å². The molecule has 0 aliphatic heterocycles. The zero-order chi connectivity index (χ0) is 17.4. The van der Waals surface area contributed by atoms with Gasteiger partial charge in [0, 0.05) is 23.0 Å². The highest BCUT2D eigenvalue weighted by Crippen LogP contribution is 2.30. The van der Waals surface area contributed by atoms with Crippen LogP contribution in [0.5, 0.6) is 0 Å². The van der Waals surface area contributed by atoms with Crippen molar-refractivity contribution in [3.8, 4) is 22.4 Å². The topological polar surface area (TPSA) is 37.5 Å². The zero-order valence-corrected chi connectivity index (χ0v) is 14.7. The SMILES string of the molecule is OCc1cccc(-c2ccc3nc(-c4ccc(Cl)cc4Cl)cn3c2)c1. The summed E-state index contributed by atoms with van der Waals surface area (Å²) in [5.41, 5.74) is 5.46. The van der Waals surface area contributed by atoms with Gasteiger partial charge < -0.3 is 9.51 Å². The van der Waals surface area contributed by atoms with E-state index in [9.17, 15) is 5.11 Å². The third kappa shape index (κ3) is 3.14. The largest absolute Gasteiger partial charge is 0.392 e. The number of benzene rings is 2. The minimum atomic E-state index is 0.0281. The Morgan fingerprint density at radius 3 is 2.60 bits per heavy atom. The third-order valence-electron chi connectivity index (χ3n) is 4.10. The Balaban J connectivity index is 1.79. The number of pyridine rings is 1. The van der Waals surface area contributed by atoms with Crippen LogP contribution in [-0.2, 0) is 6.61 Å². The predicted octanol–water partition coefficient (Wildman–Crippen LogP) is 5.47. The van der Waals surface area contributed by atoms with E-state index < -0.39 is 0 Å². The summed E-state index contributed by atoms with van der Waals surface area (Å²) in [5.74, 6) is 0. The van der Waals surface area contributed by atoms with E-state index in [1.54, 1.807) is 12.1 Å². The molecule has 2 aromatic carbocycles. The van der Waals surface area contributed by atoms with Crippen LogP contribution in [0.4, 0.5) is 0 Å². The van der Waals surface area contributed by atoms with E-state index in [1.807, 2.05) is 59.3 Å². The average molecular weight is 369 g/mol. The van der Waals surface area contributed by atoms with Crippen LogP contribution in [0.2, 0.25) is 10.0 Å². The van der Waals surface area contributed by atoms with Gasteiger partial charge in [-0.05, 0) is 53.1 Å². The molecule has 2 aromatic heterocycles. The number of aliphatic hydroxyl groups excluding tert-OH is 1. The number of aromatic nitrogens is 2. The molecular weight excluding hydrogens is 355 g/mol. The first-order valence-corrected chi connectivity index (χ1v) is 8.54. The average Bonchev–Trinajstić information content (AvgIpc) is 3.04. The Labute approximate surface area is 155 Å². The van der Waals surface area contributed by atoms with E-state index in [4.69, 9.17) is 23.2 Å². The number of aliphatic hydroxyl groups is 1. The van der Waals surface area contributed by atoms with Crippen LogP contribution in [0.15, 0.2) is 67.0 Å². The molecule has 5 heteroatoms. The van der Waals surface area contributed by atoms with Crippen LogP contribution in [0.1, 0.15) is 5.56 Å². The molecule has 0 bridgehead atoms. The second kappa shape index (κ2) is 6.52. The Hall–Kier alpha value is -2.33. The summed E-state index contributed by atoms with van der Waals surface area (Å²) in [4.78, 5) is 4.64. The van der Waals surface area contributed by atoms with Gasteiger partial charge in [-0.2, -0.15) is 0 Å². The van der Waals surface area contributed by atoms with E-state index in [-0.39, 0.29) is 6.61 Å². The molecule has 4 aromatic rings. The molecule has 2 heterocycles. The van der Waals surface area contributed by atoms with E-state index in [0.29, 0.717) is 10.0 Å². The van der Waals surface area contributed by atoms with Crippen molar-refractivity contribution in [3.05, 3.63) is 82.6 Å². The molecule has 0 amide bonds. The second-order valence-corrected chi connectivity index (χ2v) is 6.64. The molecule has 4 rings (SSSR count). The minimum Gasteiger partial charge on any atom is -0.392 e. The van der Waals surface area contributed by atoms with Crippen molar-refractivity contribution in [2.75, 3.05) is 0 Å². The quantitative estimate of drug-likeness (QED) is 0.520. The standard InChI is InChI=1S/C20H14Cl2N2O/c21-16-5-6-17(18(22)9-16)19-11-24-10-15(4-7-20(24)23-19)14-3-1-2-13(8-14)12-25/h1-11,25H,12H2.